The van der Waals surface area contributed by atoms with E-state index in [1.807, 2.05) is 6.92 Å². The average Bonchev–Trinajstić information content (AvgIpc) is 2.99. The van der Waals surface area contributed by atoms with Crippen LogP contribution in [0.15, 0.2) is 12.1 Å². The normalized spacial score (nSPS) is 13.7. The van der Waals surface area contributed by atoms with Crippen molar-refractivity contribution in [3.8, 4) is 0 Å². The number of nitrogens with two attached hydrogens (primary N) is 1. The van der Waals surface area contributed by atoms with Gasteiger partial charge < -0.3 is 16.0 Å². The molecule has 1 amide bonds. The molecule has 2 aromatic rings. The van der Waals surface area contributed by atoms with Crippen LogP contribution >= 0.6 is 0 Å². The van der Waals surface area contributed by atoms with Crippen LogP contribution in [0.4, 0.5) is 0 Å². The van der Waals surface area contributed by atoms with Gasteiger partial charge in [-0.05, 0) is 55.0 Å². The highest BCUT2D eigenvalue weighted by atomic mass is 16.1. The summed E-state index contributed by atoms with van der Waals surface area (Å²) in [4.78, 5) is 15.3. The van der Waals surface area contributed by atoms with E-state index in [1.165, 1.54) is 29.4 Å². The predicted molar refractivity (Wildman–Crippen MR) is 80.8 cm³/mol. The maximum atomic E-state index is 11.9. The molecule has 3 rings (SSSR count). The molecule has 0 aliphatic heterocycles. The first-order valence-electron chi connectivity index (χ1n) is 7.28. The van der Waals surface area contributed by atoms with E-state index in [0.717, 1.165) is 23.2 Å². The third kappa shape index (κ3) is 2.31. The second-order valence-corrected chi connectivity index (χ2v) is 5.56. The van der Waals surface area contributed by atoms with Gasteiger partial charge in [-0.1, -0.05) is 0 Å². The molecule has 4 nitrogen and oxygen atoms in total. The topological polar surface area (TPSA) is 70.9 Å². The third-order valence-corrected chi connectivity index (χ3v) is 4.14. The van der Waals surface area contributed by atoms with Crippen LogP contribution < -0.4 is 11.1 Å². The van der Waals surface area contributed by atoms with Crippen LogP contribution in [0, 0.1) is 6.92 Å². The summed E-state index contributed by atoms with van der Waals surface area (Å²) in [7, 11) is 0. The van der Waals surface area contributed by atoms with Crippen molar-refractivity contribution in [1.82, 2.24) is 10.3 Å². The van der Waals surface area contributed by atoms with Crippen molar-refractivity contribution < 1.29 is 4.79 Å². The number of nitrogens with one attached hydrogen (secondary N) is 2. The molecule has 1 aliphatic carbocycles. The lowest BCUT2D eigenvalue weighted by Crippen LogP contribution is -2.30. The van der Waals surface area contributed by atoms with E-state index in [4.69, 9.17) is 5.73 Å². The number of aryl methyl sites for hydroxylation is 3. The van der Waals surface area contributed by atoms with Gasteiger partial charge in [0.15, 0.2) is 0 Å². The number of carbonyl (C=O) groups excluding carboxylic acids is 1. The summed E-state index contributed by atoms with van der Waals surface area (Å²) in [5.74, 6) is 0.0416. The van der Waals surface area contributed by atoms with Gasteiger partial charge in [-0.2, -0.15) is 0 Å². The number of hydrogen-bond donors (Lipinski definition) is 3. The Balaban J connectivity index is 1.94. The van der Waals surface area contributed by atoms with E-state index in [9.17, 15) is 4.79 Å². The van der Waals surface area contributed by atoms with Gasteiger partial charge in [0.1, 0.15) is 0 Å². The molecule has 0 radical (unpaired) electrons. The predicted octanol–water partition coefficient (Wildman–Crippen LogP) is 1.58. The molecule has 4 N–H and O–H groups in total. The molecule has 4 heteroatoms. The molecule has 0 bridgehead atoms. The Morgan fingerprint density at radius 3 is 2.85 bits per heavy atom. The Hall–Kier alpha value is -1.81. The lowest BCUT2D eigenvalue weighted by atomic mass is 10.0. The number of aromatic amines is 1. The number of carbonyl (C=O) groups is 1. The highest BCUT2D eigenvalue weighted by Gasteiger charge is 2.17. The summed E-state index contributed by atoms with van der Waals surface area (Å²) >= 11 is 0. The molecule has 0 spiro atoms. The summed E-state index contributed by atoms with van der Waals surface area (Å²) in [6.45, 7) is 3.05. The number of amides is 1. The maximum Gasteiger partial charge on any atom is 0.224 e. The quantitative estimate of drug-likeness (QED) is 0.790. The lowest BCUT2D eigenvalue weighted by Gasteiger charge is -2.05. The van der Waals surface area contributed by atoms with Crippen LogP contribution in [-0.4, -0.2) is 24.0 Å². The zero-order chi connectivity index (χ0) is 14.1. The molecule has 0 fully saturated rings. The van der Waals surface area contributed by atoms with Crippen LogP contribution in [0.3, 0.4) is 0 Å². The molecule has 1 heterocycles. The number of aromatic nitrogens is 1. The van der Waals surface area contributed by atoms with Crippen molar-refractivity contribution >= 4 is 16.8 Å². The molecule has 106 valence electrons. The molecule has 1 aromatic heterocycles. The zero-order valence-corrected chi connectivity index (χ0v) is 11.9. The third-order valence-electron chi connectivity index (χ3n) is 4.14. The first-order chi connectivity index (χ1) is 9.69. The van der Waals surface area contributed by atoms with Gasteiger partial charge in [0.2, 0.25) is 5.91 Å². The van der Waals surface area contributed by atoms with Gasteiger partial charge in [0, 0.05) is 29.7 Å². The molecule has 0 atom stereocenters. The molecule has 1 aromatic carbocycles. The van der Waals surface area contributed by atoms with E-state index in [-0.39, 0.29) is 5.91 Å². The minimum atomic E-state index is 0.0416. The fourth-order valence-corrected chi connectivity index (χ4v) is 3.12. The van der Waals surface area contributed by atoms with Gasteiger partial charge in [0.05, 0.1) is 6.42 Å². The van der Waals surface area contributed by atoms with Crippen molar-refractivity contribution in [2.24, 2.45) is 5.73 Å². The monoisotopic (exact) mass is 271 g/mol. The van der Waals surface area contributed by atoms with E-state index < -0.39 is 0 Å². The minimum Gasteiger partial charge on any atom is -0.358 e. The summed E-state index contributed by atoms with van der Waals surface area (Å²) in [6.07, 6.45) is 4.00. The first kappa shape index (κ1) is 13.2. The van der Waals surface area contributed by atoms with Crippen molar-refractivity contribution in [3.05, 3.63) is 34.5 Å². The molecule has 20 heavy (non-hydrogen) atoms. The standard InChI is InChI=1S/C16H21N3O/c1-10-13(9-16(20)18-6-5-17)14-7-11-3-2-4-12(11)8-15(14)19-10/h7-8,19H,2-6,9,17H2,1H3,(H,18,20). The summed E-state index contributed by atoms with van der Waals surface area (Å²) in [5.41, 5.74) is 11.7. The van der Waals surface area contributed by atoms with Crippen molar-refractivity contribution in [3.63, 3.8) is 0 Å². The van der Waals surface area contributed by atoms with Crippen LogP contribution in [0.1, 0.15) is 28.8 Å². The van der Waals surface area contributed by atoms with E-state index in [1.54, 1.807) is 0 Å². The SMILES string of the molecule is Cc1[nH]c2cc3c(cc2c1CC(=O)NCCN)CCC3. The van der Waals surface area contributed by atoms with Crippen LogP contribution in [-0.2, 0) is 24.1 Å². The number of benzene rings is 1. The fraction of sp³-hybridized carbons (Fsp3) is 0.438. The number of fused-ring (bicyclic) bond motifs is 2. The number of hydrogen-bond acceptors (Lipinski definition) is 2. The van der Waals surface area contributed by atoms with Crippen molar-refractivity contribution in [1.29, 1.82) is 0 Å². The molecule has 1 aliphatic rings. The van der Waals surface area contributed by atoms with Crippen LogP contribution in [0.2, 0.25) is 0 Å². The summed E-state index contributed by atoms with van der Waals surface area (Å²) < 4.78 is 0. The Bertz CT molecular complexity index is 657. The maximum absolute atomic E-state index is 11.9. The van der Waals surface area contributed by atoms with Crippen LogP contribution in [0.25, 0.3) is 10.9 Å². The second kappa shape index (κ2) is 5.29. The van der Waals surface area contributed by atoms with Gasteiger partial charge >= 0.3 is 0 Å². The minimum absolute atomic E-state index is 0.0416. The number of H-pyrrole nitrogens is 1. The van der Waals surface area contributed by atoms with Gasteiger partial charge in [-0.25, -0.2) is 0 Å². The highest BCUT2D eigenvalue weighted by molar-refractivity contribution is 5.91. The van der Waals surface area contributed by atoms with Crippen LogP contribution in [0.5, 0.6) is 0 Å². The number of rotatable bonds is 4. The molecular weight excluding hydrogens is 250 g/mol. The fourth-order valence-electron chi connectivity index (χ4n) is 3.12. The average molecular weight is 271 g/mol. The summed E-state index contributed by atoms with van der Waals surface area (Å²) in [6, 6.07) is 4.53. The van der Waals surface area contributed by atoms with Crippen molar-refractivity contribution in [2.45, 2.75) is 32.6 Å². The summed E-state index contributed by atoms with van der Waals surface area (Å²) in [5, 5.41) is 4.04. The first-order valence-corrected chi connectivity index (χ1v) is 7.28. The van der Waals surface area contributed by atoms with Gasteiger partial charge in [0.25, 0.3) is 0 Å². The van der Waals surface area contributed by atoms with E-state index in [0.29, 0.717) is 19.5 Å². The van der Waals surface area contributed by atoms with Gasteiger partial charge in [-0.15, -0.1) is 0 Å². The molecule has 0 unspecified atom stereocenters. The molecule has 0 saturated carbocycles. The molecular formula is C16H21N3O. The van der Waals surface area contributed by atoms with E-state index >= 15 is 0 Å². The van der Waals surface area contributed by atoms with E-state index in [2.05, 4.69) is 22.4 Å². The second-order valence-electron chi connectivity index (χ2n) is 5.56. The van der Waals surface area contributed by atoms with Crippen molar-refractivity contribution in [2.75, 3.05) is 13.1 Å². The zero-order valence-electron chi connectivity index (χ0n) is 11.9. The Morgan fingerprint density at radius 2 is 2.10 bits per heavy atom. The highest BCUT2D eigenvalue weighted by Crippen LogP contribution is 2.30. The van der Waals surface area contributed by atoms with Gasteiger partial charge in [-0.3, -0.25) is 4.79 Å². The Kier molecular flexibility index (Phi) is 3.49. The lowest BCUT2D eigenvalue weighted by molar-refractivity contribution is -0.120. The molecule has 0 saturated heterocycles. The Morgan fingerprint density at radius 1 is 1.35 bits per heavy atom. The largest absolute Gasteiger partial charge is 0.358 e. The Labute approximate surface area is 118 Å². The smallest absolute Gasteiger partial charge is 0.224 e.